The van der Waals surface area contributed by atoms with Crippen LogP contribution in [0.4, 0.5) is 10.1 Å². The average molecular weight is 312 g/mol. The average Bonchev–Trinajstić information content (AvgIpc) is 2.44. The first-order valence-electron chi connectivity index (χ1n) is 5.94. The summed E-state index contributed by atoms with van der Waals surface area (Å²) in [5.41, 5.74) is 0.313. The molecule has 2 aromatic rings. The molecule has 0 unspecified atom stereocenters. The molecule has 0 aliphatic carbocycles. The minimum Gasteiger partial charge on any atom is -0.452 e. The van der Waals surface area contributed by atoms with Crippen LogP contribution in [0.5, 0.6) is 11.5 Å². The molecule has 0 amide bonds. The van der Waals surface area contributed by atoms with Gasteiger partial charge in [-0.25, -0.2) is 4.39 Å². The zero-order chi connectivity index (χ0) is 15.6. The number of benzene rings is 2. The largest absolute Gasteiger partial charge is 0.452 e. The van der Waals surface area contributed by atoms with Crippen LogP contribution in [0.3, 0.4) is 0 Å². The number of aliphatic hydroxyl groups excluding tert-OH is 1. The van der Waals surface area contributed by atoms with Gasteiger partial charge in [0, 0.05) is 11.1 Å². The number of nitrogens with zero attached hydrogens (tertiary/aromatic N) is 1. The second kappa shape index (κ2) is 6.07. The number of para-hydroxylation sites is 1. The molecule has 2 rings (SSSR count). The van der Waals surface area contributed by atoms with E-state index in [1.54, 1.807) is 12.1 Å². The van der Waals surface area contributed by atoms with Crippen LogP contribution in [-0.2, 0) is 6.61 Å². The lowest BCUT2D eigenvalue weighted by Crippen LogP contribution is -1.98. The lowest BCUT2D eigenvalue weighted by Gasteiger charge is -2.12. The fraction of sp³-hybridized carbons (Fsp3) is 0.143. The van der Waals surface area contributed by atoms with E-state index in [9.17, 15) is 19.6 Å². The number of aryl methyl sites for hydroxylation is 1. The first kappa shape index (κ1) is 15.2. The van der Waals surface area contributed by atoms with Crippen molar-refractivity contribution in [2.24, 2.45) is 0 Å². The highest BCUT2D eigenvalue weighted by Gasteiger charge is 2.18. The molecule has 0 aliphatic rings. The van der Waals surface area contributed by atoms with E-state index in [1.165, 1.54) is 19.1 Å². The fourth-order valence-corrected chi connectivity index (χ4v) is 2.05. The second-order valence-corrected chi connectivity index (χ2v) is 4.72. The van der Waals surface area contributed by atoms with Crippen molar-refractivity contribution < 1.29 is 19.2 Å². The Balaban J connectivity index is 2.46. The Kier molecular flexibility index (Phi) is 4.40. The first-order valence-corrected chi connectivity index (χ1v) is 6.32. The molecular weight excluding hydrogens is 301 g/mol. The summed E-state index contributed by atoms with van der Waals surface area (Å²) in [7, 11) is 0. The van der Waals surface area contributed by atoms with Crippen LogP contribution < -0.4 is 4.74 Å². The Morgan fingerprint density at radius 1 is 1.43 bits per heavy atom. The molecule has 0 saturated carbocycles. The van der Waals surface area contributed by atoms with Crippen molar-refractivity contribution in [1.82, 2.24) is 0 Å². The Bertz CT molecular complexity index is 706. The predicted molar refractivity (Wildman–Crippen MR) is 75.2 cm³/mol. The molecule has 1 N–H and O–H groups in total. The Hall–Kier alpha value is -2.18. The van der Waals surface area contributed by atoms with Gasteiger partial charge in [-0.2, -0.15) is 0 Å². The summed E-state index contributed by atoms with van der Waals surface area (Å²) in [6.07, 6.45) is 0. The van der Waals surface area contributed by atoms with E-state index in [4.69, 9.17) is 16.3 Å². The van der Waals surface area contributed by atoms with E-state index in [2.05, 4.69) is 0 Å². The van der Waals surface area contributed by atoms with Gasteiger partial charge >= 0.3 is 0 Å². The number of rotatable bonds is 4. The smallest absolute Gasteiger partial charge is 0.275 e. The van der Waals surface area contributed by atoms with E-state index >= 15 is 0 Å². The van der Waals surface area contributed by atoms with Gasteiger partial charge in [0.25, 0.3) is 5.69 Å². The van der Waals surface area contributed by atoms with Crippen LogP contribution in [0.2, 0.25) is 5.02 Å². The van der Waals surface area contributed by atoms with Crippen molar-refractivity contribution in [1.29, 1.82) is 0 Å². The van der Waals surface area contributed by atoms with Crippen LogP contribution in [0.15, 0.2) is 30.3 Å². The zero-order valence-corrected chi connectivity index (χ0v) is 11.7. The summed E-state index contributed by atoms with van der Waals surface area (Å²) in [6.45, 7) is 1.15. The van der Waals surface area contributed by atoms with Crippen LogP contribution in [-0.4, -0.2) is 10.0 Å². The van der Waals surface area contributed by atoms with Gasteiger partial charge in [0.15, 0.2) is 17.3 Å². The normalized spacial score (nSPS) is 10.5. The van der Waals surface area contributed by atoms with Crippen LogP contribution >= 0.6 is 11.6 Å². The zero-order valence-electron chi connectivity index (χ0n) is 11.0. The van der Waals surface area contributed by atoms with Crippen molar-refractivity contribution in [3.05, 3.63) is 62.4 Å². The van der Waals surface area contributed by atoms with Gasteiger partial charge in [-0.1, -0.05) is 23.7 Å². The highest BCUT2D eigenvalue weighted by atomic mass is 35.5. The molecule has 0 bridgehead atoms. The minimum atomic E-state index is -0.879. The van der Waals surface area contributed by atoms with Crippen molar-refractivity contribution in [3.63, 3.8) is 0 Å². The third-order valence-corrected chi connectivity index (χ3v) is 3.18. The van der Waals surface area contributed by atoms with Crippen LogP contribution in [0.1, 0.15) is 11.1 Å². The van der Waals surface area contributed by atoms with Crippen molar-refractivity contribution in [2.75, 3.05) is 0 Å². The predicted octanol–water partition coefficient (Wildman–Crippen LogP) is 3.98. The SMILES string of the molecule is Cc1cc(Oc2c(Cl)cccc2CO)c(F)cc1[N+](=O)[O-]. The topological polar surface area (TPSA) is 72.6 Å². The molecule has 0 aliphatic heterocycles. The van der Waals surface area contributed by atoms with Crippen molar-refractivity contribution in [3.8, 4) is 11.5 Å². The third kappa shape index (κ3) is 3.12. The molecule has 2 aromatic carbocycles. The summed E-state index contributed by atoms with van der Waals surface area (Å²) < 4.78 is 19.3. The van der Waals surface area contributed by atoms with Crippen molar-refractivity contribution in [2.45, 2.75) is 13.5 Å². The maximum Gasteiger partial charge on any atom is 0.275 e. The molecule has 110 valence electrons. The van der Waals surface area contributed by atoms with E-state index in [0.29, 0.717) is 5.56 Å². The maximum absolute atomic E-state index is 13.9. The van der Waals surface area contributed by atoms with E-state index in [1.807, 2.05) is 0 Å². The number of nitro benzene ring substituents is 1. The van der Waals surface area contributed by atoms with Crippen LogP contribution in [0.25, 0.3) is 0 Å². The standard InChI is InChI=1S/C14H11ClFNO4/c1-8-5-13(11(16)6-12(8)17(19)20)21-14-9(7-18)3-2-4-10(14)15/h2-6,18H,7H2,1H3. The summed E-state index contributed by atoms with van der Waals surface area (Å²) in [6, 6.07) is 6.75. The fourth-order valence-electron chi connectivity index (χ4n) is 1.82. The molecule has 21 heavy (non-hydrogen) atoms. The molecular formula is C14H11ClFNO4. The summed E-state index contributed by atoms with van der Waals surface area (Å²) in [5.74, 6) is -0.953. The molecule has 0 atom stereocenters. The maximum atomic E-state index is 13.9. The van der Waals surface area contributed by atoms with E-state index in [-0.39, 0.29) is 34.4 Å². The highest BCUT2D eigenvalue weighted by Crippen LogP contribution is 2.36. The number of hydrogen-bond donors (Lipinski definition) is 1. The van der Waals surface area contributed by atoms with Gasteiger partial charge in [-0.3, -0.25) is 10.1 Å². The second-order valence-electron chi connectivity index (χ2n) is 4.31. The van der Waals surface area contributed by atoms with Crippen LogP contribution in [0, 0.1) is 22.9 Å². The lowest BCUT2D eigenvalue weighted by atomic mass is 10.1. The number of ether oxygens (including phenoxy) is 1. The molecule has 7 heteroatoms. The molecule has 5 nitrogen and oxygen atoms in total. The van der Waals surface area contributed by atoms with Gasteiger partial charge in [0.1, 0.15) is 0 Å². The Labute approximate surface area is 124 Å². The molecule has 0 heterocycles. The number of hydrogen-bond acceptors (Lipinski definition) is 4. The van der Waals surface area contributed by atoms with Gasteiger partial charge < -0.3 is 9.84 Å². The van der Waals surface area contributed by atoms with E-state index in [0.717, 1.165) is 6.07 Å². The van der Waals surface area contributed by atoms with Gasteiger partial charge in [-0.05, 0) is 19.1 Å². The lowest BCUT2D eigenvalue weighted by molar-refractivity contribution is -0.385. The van der Waals surface area contributed by atoms with Gasteiger partial charge in [0.05, 0.1) is 22.6 Å². The third-order valence-electron chi connectivity index (χ3n) is 2.88. The molecule has 0 spiro atoms. The first-order chi connectivity index (χ1) is 9.93. The Morgan fingerprint density at radius 2 is 2.14 bits per heavy atom. The molecule has 0 fully saturated rings. The molecule has 0 aromatic heterocycles. The van der Waals surface area contributed by atoms with Crippen molar-refractivity contribution >= 4 is 17.3 Å². The minimum absolute atomic E-state index is 0.119. The summed E-state index contributed by atoms with van der Waals surface area (Å²) in [4.78, 5) is 10.1. The molecule has 0 radical (unpaired) electrons. The van der Waals surface area contributed by atoms with Gasteiger partial charge in [-0.15, -0.1) is 0 Å². The van der Waals surface area contributed by atoms with Gasteiger partial charge in [0.2, 0.25) is 0 Å². The van der Waals surface area contributed by atoms with E-state index < -0.39 is 10.7 Å². The highest BCUT2D eigenvalue weighted by molar-refractivity contribution is 6.32. The monoisotopic (exact) mass is 311 g/mol. The summed E-state index contributed by atoms with van der Waals surface area (Å²) in [5, 5.41) is 20.2. The Morgan fingerprint density at radius 3 is 2.76 bits per heavy atom. The molecule has 0 saturated heterocycles. The number of nitro groups is 1. The quantitative estimate of drug-likeness (QED) is 0.684. The number of halogens is 2. The number of aliphatic hydroxyl groups is 1. The summed E-state index contributed by atoms with van der Waals surface area (Å²) >= 11 is 5.97.